The van der Waals surface area contributed by atoms with E-state index in [-0.39, 0.29) is 0 Å². The van der Waals surface area contributed by atoms with Crippen LogP contribution in [0.4, 0.5) is 0 Å². The average Bonchev–Trinajstić information content (AvgIpc) is 2.58. The molecule has 0 N–H and O–H groups in total. The third-order valence-corrected chi connectivity index (χ3v) is 5.45. The minimum Gasteiger partial charge on any atom is -0.318 e. The van der Waals surface area contributed by atoms with Gasteiger partial charge in [-0.25, -0.2) is 0 Å². The van der Waals surface area contributed by atoms with Gasteiger partial charge in [-0.15, -0.1) is 0 Å². The van der Waals surface area contributed by atoms with Gasteiger partial charge in [0.05, 0.1) is 0 Å². The van der Waals surface area contributed by atoms with Gasteiger partial charge in [0, 0.05) is 17.6 Å². The van der Waals surface area contributed by atoms with Crippen LogP contribution in [-0.4, -0.2) is 12.3 Å². The maximum absolute atomic E-state index is 12.4. The molecule has 2 rings (SSSR count). The molecule has 0 bridgehead atoms. The van der Waals surface area contributed by atoms with Crippen molar-refractivity contribution in [2.24, 2.45) is 0 Å². The third kappa shape index (κ3) is 1.49. The summed E-state index contributed by atoms with van der Waals surface area (Å²) in [5.41, 5.74) is 0. The van der Waals surface area contributed by atoms with Crippen LogP contribution in [0.3, 0.4) is 0 Å². The number of benzene rings is 1. The fraction of sp³-hybridized carbons (Fsp3) is 0.167. The molecule has 0 amide bonds. The molecule has 1 aliphatic rings. The molecule has 0 aliphatic carbocycles. The molecule has 0 atom stereocenters. The topological polar surface area (TPSA) is 17.1 Å². The summed E-state index contributed by atoms with van der Waals surface area (Å²) in [5.74, 6) is 0. The van der Waals surface area contributed by atoms with Gasteiger partial charge < -0.3 is 4.57 Å². The lowest BCUT2D eigenvalue weighted by molar-refractivity contribution is 0.585. The predicted molar refractivity (Wildman–Crippen MR) is 62.9 cm³/mol. The molecule has 0 fully saturated rings. The molecule has 1 aromatic carbocycles. The molecule has 1 heterocycles. The molecule has 0 unspecified atom stereocenters. The Labute approximate surface area is 83.8 Å². The van der Waals surface area contributed by atoms with Gasteiger partial charge in [0.1, 0.15) is 7.14 Å². The first-order chi connectivity index (χ1) is 6.62. The van der Waals surface area contributed by atoms with Crippen LogP contribution in [0, 0.1) is 0 Å². The molecule has 0 radical (unpaired) electrons. The quantitative estimate of drug-likeness (QED) is 0.494. The Morgan fingerprint density at radius 3 is 2.29 bits per heavy atom. The Morgan fingerprint density at radius 2 is 1.71 bits per heavy atom. The summed E-state index contributed by atoms with van der Waals surface area (Å²) in [6.07, 6.45) is 5.40. The largest absolute Gasteiger partial charge is 0.318 e. The number of hydrogen-bond donors (Lipinski definition) is 0. The molecule has 0 spiro atoms. The van der Waals surface area contributed by atoms with E-state index < -0.39 is 7.14 Å². The lowest BCUT2D eigenvalue weighted by atomic mass is 10.3. The fourth-order valence-corrected chi connectivity index (χ4v) is 3.93. The molecule has 1 aliphatic heterocycles. The Hall–Kier alpha value is -1.07. The highest BCUT2D eigenvalue weighted by molar-refractivity contribution is 7.72. The van der Waals surface area contributed by atoms with E-state index in [1.54, 1.807) is 0 Å². The highest BCUT2D eigenvalue weighted by atomic mass is 31.2. The summed E-state index contributed by atoms with van der Waals surface area (Å²) >= 11 is 0. The van der Waals surface area contributed by atoms with Gasteiger partial charge >= 0.3 is 0 Å². The summed E-state index contributed by atoms with van der Waals surface area (Å²) in [4.78, 5) is 0. The molecular weight excluding hydrogens is 191 g/mol. The molecule has 0 aromatic heterocycles. The monoisotopic (exact) mass is 204 g/mol. The van der Waals surface area contributed by atoms with Gasteiger partial charge in [-0.3, -0.25) is 0 Å². The van der Waals surface area contributed by atoms with Crippen LogP contribution in [0.2, 0.25) is 0 Å². The maximum Gasteiger partial charge on any atom is 0.122 e. The Bertz CT molecular complexity index is 516. The van der Waals surface area contributed by atoms with Crippen molar-refractivity contribution in [2.75, 3.05) is 12.3 Å². The molecule has 14 heavy (non-hydrogen) atoms. The summed E-state index contributed by atoms with van der Waals surface area (Å²) < 4.78 is 12.4. The molecule has 72 valence electrons. The zero-order valence-electron chi connectivity index (χ0n) is 8.07. The van der Waals surface area contributed by atoms with E-state index in [2.05, 4.69) is 13.2 Å². The standard InChI is InChI=1S/C12H13OP/c1-10-5-6-12(9-11(10)2)14(13)7-3-4-8-14/h3-6,9H,1-2,7-8H2. The molecule has 0 saturated heterocycles. The Kier molecular flexibility index (Phi) is 2.20. The van der Waals surface area contributed by atoms with Crippen molar-refractivity contribution in [1.82, 2.24) is 0 Å². The SMILES string of the molecule is C=c1ccc(P2(=O)CC=CC2)cc1=C. The second kappa shape index (κ2) is 3.25. The van der Waals surface area contributed by atoms with Crippen LogP contribution in [0.25, 0.3) is 13.2 Å². The molecule has 0 saturated carbocycles. The van der Waals surface area contributed by atoms with Crippen molar-refractivity contribution in [3.05, 3.63) is 40.8 Å². The van der Waals surface area contributed by atoms with Crippen molar-refractivity contribution in [3.63, 3.8) is 0 Å². The lowest BCUT2D eigenvalue weighted by Gasteiger charge is -2.10. The zero-order valence-corrected chi connectivity index (χ0v) is 8.97. The van der Waals surface area contributed by atoms with Gasteiger partial charge in [-0.2, -0.15) is 0 Å². The van der Waals surface area contributed by atoms with Crippen molar-refractivity contribution in [3.8, 4) is 0 Å². The predicted octanol–water partition coefficient (Wildman–Crippen LogP) is 1.07. The van der Waals surface area contributed by atoms with E-state index in [1.807, 2.05) is 30.4 Å². The van der Waals surface area contributed by atoms with Crippen LogP contribution >= 0.6 is 7.14 Å². The van der Waals surface area contributed by atoms with Crippen molar-refractivity contribution < 1.29 is 4.57 Å². The first kappa shape index (κ1) is 9.48. The van der Waals surface area contributed by atoms with Crippen LogP contribution in [0.5, 0.6) is 0 Å². The smallest absolute Gasteiger partial charge is 0.122 e. The molecule has 2 heteroatoms. The van der Waals surface area contributed by atoms with Crippen LogP contribution in [0.1, 0.15) is 0 Å². The van der Waals surface area contributed by atoms with Crippen molar-refractivity contribution >= 4 is 25.6 Å². The second-order valence-electron chi connectivity index (χ2n) is 3.68. The highest BCUT2D eigenvalue weighted by Gasteiger charge is 2.24. The summed E-state index contributed by atoms with van der Waals surface area (Å²) in [6, 6.07) is 5.73. The van der Waals surface area contributed by atoms with E-state index >= 15 is 0 Å². The van der Waals surface area contributed by atoms with Gasteiger partial charge in [0.2, 0.25) is 0 Å². The van der Waals surface area contributed by atoms with E-state index in [1.165, 1.54) is 0 Å². The third-order valence-electron chi connectivity index (χ3n) is 2.63. The van der Waals surface area contributed by atoms with Crippen LogP contribution in [-0.2, 0) is 4.57 Å². The average molecular weight is 204 g/mol. The molecule has 1 nitrogen and oxygen atoms in total. The minimum absolute atomic E-state index is 0.697. The molecule has 1 aromatic rings. The minimum atomic E-state index is -2.15. The van der Waals surface area contributed by atoms with Gasteiger partial charge in [0.25, 0.3) is 0 Å². The number of allylic oxidation sites excluding steroid dienone is 2. The molecular formula is C12H13OP. The fourth-order valence-electron chi connectivity index (χ4n) is 1.64. The van der Waals surface area contributed by atoms with Crippen molar-refractivity contribution in [1.29, 1.82) is 0 Å². The summed E-state index contributed by atoms with van der Waals surface area (Å²) in [7, 11) is -2.15. The first-order valence-corrected chi connectivity index (χ1v) is 6.71. The number of rotatable bonds is 1. The lowest BCUT2D eigenvalue weighted by Crippen LogP contribution is -2.26. The van der Waals surface area contributed by atoms with Crippen molar-refractivity contribution in [2.45, 2.75) is 0 Å². The van der Waals surface area contributed by atoms with E-state index in [0.29, 0.717) is 12.3 Å². The highest BCUT2D eigenvalue weighted by Crippen LogP contribution is 2.47. The first-order valence-electron chi connectivity index (χ1n) is 4.63. The zero-order chi connectivity index (χ0) is 10.2. The number of hydrogen-bond acceptors (Lipinski definition) is 1. The van der Waals surface area contributed by atoms with Crippen LogP contribution < -0.4 is 15.7 Å². The normalized spacial score (nSPS) is 18.6. The van der Waals surface area contributed by atoms with Gasteiger partial charge in [-0.1, -0.05) is 37.4 Å². The Morgan fingerprint density at radius 1 is 1.07 bits per heavy atom. The Balaban J connectivity index is 2.53. The second-order valence-corrected chi connectivity index (χ2v) is 6.70. The van der Waals surface area contributed by atoms with E-state index in [0.717, 1.165) is 15.7 Å². The van der Waals surface area contributed by atoms with Gasteiger partial charge in [-0.05, 0) is 16.5 Å². The van der Waals surface area contributed by atoms with Crippen LogP contribution in [0.15, 0.2) is 30.4 Å². The van der Waals surface area contributed by atoms with E-state index in [9.17, 15) is 4.57 Å². The summed E-state index contributed by atoms with van der Waals surface area (Å²) in [6.45, 7) is 7.72. The van der Waals surface area contributed by atoms with Gasteiger partial charge in [0.15, 0.2) is 0 Å². The maximum atomic E-state index is 12.4. The van der Waals surface area contributed by atoms with E-state index in [4.69, 9.17) is 0 Å². The summed E-state index contributed by atoms with van der Waals surface area (Å²) in [5, 5.41) is 2.73.